The summed E-state index contributed by atoms with van der Waals surface area (Å²) >= 11 is 0. The zero-order valence-electron chi connectivity index (χ0n) is 18.1. The van der Waals surface area contributed by atoms with Crippen LogP contribution in [0.1, 0.15) is 5.56 Å². The molecule has 2 aromatic carbocycles. The molecule has 0 atom stereocenters. The Morgan fingerprint density at radius 1 is 1.24 bits per heavy atom. The molecular weight excluding hydrogens is 423 g/mol. The summed E-state index contributed by atoms with van der Waals surface area (Å²) in [5.41, 5.74) is 8.55. The highest BCUT2D eigenvalue weighted by Gasteiger charge is 2.19. The van der Waals surface area contributed by atoms with Crippen molar-refractivity contribution in [1.82, 2.24) is 24.6 Å². The van der Waals surface area contributed by atoms with E-state index in [4.69, 9.17) is 10.5 Å². The van der Waals surface area contributed by atoms with Gasteiger partial charge in [0.1, 0.15) is 29.4 Å². The van der Waals surface area contributed by atoms with Crippen LogP contribution < -0.4 is 10.5 Å². The SMILES string of the molecule is C=CC(=O)N(CCn1nc(-c2cc(F)cc(OC)c2)c2c(N)ncnc21)Cc1ccccc1. The summed E-state index contributed by atoms with van der Waals surface area (Å²) in [6.45, 7) is 4.73. The lowest BCUT2D eigenvalue weighted by molar-refractivity contribution is -0.126. The number of aromatic nitrogens is 4. The Kier molecular flexibility index (Phi) is 6.30. The van der Waals surface area contributed by atoms with Crippen molar-refractivity contribution in [3.05, 3.63) is 78.9 Å². The highest BCUT2D eigenvalue weighted by Crippen LogP contribution is 2.32. The van der Waals surface area contributed by atoms with Crippen LogP contribution in [-0.4, -0.2) is 44.2 Å². The minimum atomic E-state index is -0.465. The molecule has 2 heterocycles. The maximum absolute atomic E-state index is 14.2. The molecule has 0 aliphatic rings. The number of nitrogens with two attached hydrogens (primary N) is 1. The molecule has 0 aliphatic heterocycles. The molecular formula is C24H23FN6O2. The van der Waals surface area contributed by atoms with Gasteiger partial charge in [-0.25, -0.2) is 19.0 Å². The maximum atomic E-state index is 14.2. The molecule has 1 amide bonds. The monoisotopic (exact) mass is 446 g/mol. The highest BCUT2D eigenvalue weighted by atomic mass is 19.1. The molecule has 4 aromatic rings. The number of ether oxygens (including phenoxy) is 1. The number of halogens is 1. The van der Waals surface area contributed by atoms with Crippen LogP contribution in [0, 0.1) is 5.82 Å². The standard InChI is InChI=1S/C24H23FN6O2/c1-3-20(32)30(14-16-7-5-4-6-8-16)9-10-31-24-21(23(26)27-15-28-24)22(29-31)17-11-18(25)13-19(12-17)33-2/h3-8,11-13,15H,1,9-10,14H2,2H3,(H2,26,27,28). The first kappa shape index (κ1) is 21.9. The lowest BCUT2D eigenvalue weighted by Gasteiger charge is -2.21. The van der Waals surface area contributed by atoms with Crippen LogP contribution >= 0.6 is 0 Å². The van der Waals surface area contributed by atoms with E-state index in [0.29, 0.717) is 47.7 Å². The van der Waals surface area contributed by atoms with Gasteiger partial charge in [-0.15, -0.1) is 0 Å². The molecule has 4 rings (SSSR count). The van der Waals surface area contributed by atoms with E-state index >= 15 is 0 Å². The molecule has 0 unspecified atom stereocenters. The Labute approximate surface area is 190 Å². The number of hydrogen-bond donors (Lipinski definition) is 1. The van der Waals surface area contributed by atoms with Crippen molar-refractivity contribution in [2.24, 2.45) is 0 Å². The number of nitrogens with zero attached hydrogens (tertiary/aromatic N) is 5. The van der Waals surface area contributed by atoms with E-state index in [0.717, 1.165) is 5.56 Å². The fourth-order valence-corrected chi connectivity index (χ4v) is 3.62. The zero-order chi connectivity index (χ0) is 23.4. The van der Waals surface area contributed by atoms with E-state index < -0.39 is 5.82 Å². The average molecular weight is 446 g/mol. The van der Waals surface area contributed by atoms with Crippen molar-refractivity contribution in [2.75, 3.05) is 19.4 Å². The number of anilines is 1. The van der Waals surface area contributed by atoms with Crippen molar-refractivity contribution in [1.29, 1.82) is 0 Å². The second-order valence-electron chi connectivity index (χ2n) is 7.36. The molecule has 33 heavy (non-hydrogen) atoms. The maximum Gasteiger partial charge on any atom is 0.246 e. The Balaban J connectivity index is 1.69. The summed E-state index contributed by atoms with van der Waals surface area (Å²) in [7, 11) is 1.46. The minimum Gasteiger partial charge on any atom is -0.497 e. The van der Waals surface area contributed by atoms with Crippen molar-refractivity contribution >= 4 is 22.8 Å². The second kappa shape index (κ2) is 9.47. The molecule has 0 radical (unpaired) electrons. The van der Waals surface area contributed by atoms with E-state index in [-0.39, 0.29) is 11.7 Å². The summed E-state index contributed by atoms with van der Waals surface area (Å²) in [5, 5.41) is 5.16. The van der Waals surface area contributed by atoms with Crippen LogP contribution in [-0.2, 0) is 17.9 Å². The molecule has 9 heteroatoms. The number of carbonyl (C=O) groups is 1. The van der Waals surface area contributed by atoms with Crippen LogP contribution in [0.3, 0.4) is 0 Å². The average Bonchev–Trinajstić information content (AvgIpc) is 3.21. The number of amides is 1. The number of hydrogen-bond acceptors (Lipinski definition) is 6. The van der Waals surface area contributed by atoms with Gasteiger partial charge >= 0.3 is 0 Å². The Morgan fingerprint density at radius 3 is 2.76 bits per heavy atom. The number of fused-ring (bicyclic) bond motifs is 1. The van der Waals surface area contributed by atoms with E-state index in [1.807, 2.05) is 30.3 Å². The van der Waals surface area contributed by atoms with Crippen molar-refractivity contribution in [3.8, 4) is 17.0 Å². The molecule has 0 bridgehead atoms. The Morgan fingerprint density at radius 2 is 2.03 bits per heavy atom. The number of methoxy groups -OCH3 is 1. The number of benzene rings is 2. The van der Waals surface area contributed by atoms with Crippen molar-refractivity contribution in [3.63, 3.8) is 0 Å². The Bertz CT molecular complexity index is 1310. The van der Waals surface area contributed by atoms with Gasteiger partial charge < -0.3 is 15.4 Å². The van der Waals surface area contributed by atoms with Crippen molar-refractivity contribution in [2.45, 2.75) is 13.1 Å². The molecule has 0 aliphatic carbocycles. The first-order valence-electron chi connectivity index (χ1n) is 10.3. The second-order valence-corrected chi connectivity index (χ2v) is 7.36. The van der Waals surface area contributed by atoms with E-state index in [1.54, 1.807) is 15.6 Å². The highest BCUT2D eigenvalue weighted by molar-refractivity contribution is 5.98. The summed E-state index contributed by atoms with van der Waals surface area (Å²) < 4.78 is 21.0. The van der Waals surface area contributed by atoms with Crippen LogP contribution in [0.15, 0.2) is 67.5 Å². The third-order valence-electron chi connectivity index (χ3n) is 5.22. The van der Waals surface area contributed by atoms with Gasteiger partial charge in [0.2, 0.25) is 5.91 Å². The quantitative estimate of drug-likeness (QED) is 0.416. The molecule has 2 aromatic heterocycles. The van der Waals surface area contributed by atoms with Gasteiger partial charge in [-0.1, -0.05) is 36.9 Å². The molecule has 0 fully saturated rings. The summed E-state index contributed by atoms with van der Waals surface area (Å²) in [5.74, 6) is -0.0749. The fourth-order valence-electron chi connectivity index (χ4n) is 3.62. The fraction of sp³-hybridized carbons (Fsp3) is 0.167. The van der Waals surface area contributed by atoms with Gasteiger partial charge in [0.15, 0.2) is 5.65 Å². The van der Waals surface area contributed by atoms with Gasteiger partial charge in [-0.2, -0.15) is 5.10 Å². The van der Waals surface area contributed by atoms with Crippen molar-refractivity contribution < 1.29 is 13.9 Å². The molecule has 168 valence electrons. The summed E-state index contributed by atoms with van der Waals surface area (Å²) in [6.07, 6.45) is 2.64. The molecule has 8 nitrogen and oxygen atoms in total. The summed E-state index contributed by atoms with van der Waals surface area (Å²) in [4.78, 5) is 22.6. The number of rotatable bonds is 8. The topological polar surface area (TPSA) is 99.2 Å². The zero-order valence-corrected chi connectivity index (χ0v) is 18.1. The normalized spacial score (nSPS) is 10.8. The van der Waals surface area contributed by atoms with Crippen LogP contribution in [0.25, 0.3) is 22.3 Å². The van der Waals surface area contributed by atoms with Gasteiger partial charge in [-0.3, -0.25) is 4.79 Å². The minimum absolute atomic E-state index is 0.195. The van der Waals surface area contributed by atoms with Crippen LogP contribution in [0.5, 0.6) is 5.75 Å². The van der Waals surface area contributed by atoms with E-state index in [1.165, 1.54) is 31.6 Å². The third-order valence-corrected chi connectivity index (χ3v) is 5.22. The first-order valence-corrected chi connectivity index (χ1v) is 10.3. The lowest BCUT2D eigenvalue weighted by atomic mass is 10.1. The summed E-state index contributed by atoms with van der Waals surface area (Å²) in [6, 6.07) is 14.0. The van der Waals surface area contributed by atoms with Crippen LogP contribution in [0.4, 0.5) is 10.2 Å². The molecule has 0 spiro atoms. The largest absolute Gasteiger partial charge is 0.497 e. The lowest BCUT2D eigenvalue weighted by Crippen LogP contribution is -2.32. The van der Waals surface area contributed by atoms with Gasteiger partial charge in [-0.05, 0) is 23.8 Å². The predicted molar refractivity (Wildman–Crippen MR) is 124 cm³/mol. The van der Waals surface area contributed by atoms with Crippen LogP contribution in [0.2, 0.25) is 0 Å². The Hall–Kier alpha value is -4.27. The molecule has 2 N–H and O–H groups in total. The molecule has 0 saturated heterocycles. The van der Waals surface area contributed by atoms with Gasteiger partial charge in [0.05, 0.1) is 19.0 Å². The molecule has 0 saturated carbocycles. The van der Waals surface area contributed by atoms with E-state index in [2.05, 4.69) is 21.6 Å². The first-order chi connectivity index (χ1) is 16.0. The van der Waals surface area contributed by atoms with Gasteiger partial charge in [0.25, 0.3) is 0 Å². The smallest absolute Gasteiger partial charge is 0.246 e. The number of nitrogen functional groups attached to an aromatic ring is 1. The van der Waals surface area contributed by atoms with Gasteiger partial charge in [0, 0.05) is 24.7 Å². The predicted octanol–water partition coefficient (Wildman–Crippen LogP) is 3.44. The number of carbonyl (C=O) groups excluding carboxylic acids is 1. The third kappa shape index (κ3) is 4.67. The van der Waals surface area contributed by atoms with E-state index in [9.17, 15) is 9.18 Å².